The van der Waals surface area contributed by atoms with Gasteiger partial charge in [0, 0.05) is 28.4 Å². The van der Waals surface area contributed by atoms with Crippen molar-refractivity contribution in [2.75, 3.05) is 0 Å². The van der Waals surface area contributed by atoms with Crippen LogP contribution >= 0.6 is 0 Å². The number of rotatable bonds is 3. The van der Waals surface area contributed by atoms with Gasteiger partial charge < -0.3 is 4.57 Å². The minimum Gasteiger partial charge on any atom is -0.340 e. The molecule has 0 atom stereocenters. The average Bonchev–Trinajstić information content (AvgIpc) is 3.30. The number of benzene rings is 7. The molecule has 0 spiro atoms. The van der Waals surface area contributed by atoms with Crippen LogP contribution in [0.15, 0.2) is 121 Å². The molecule has 0 N–H and O–H groups in total. The quantitative estimate of drug-likeness (QED) is 0.226. The first kappa shape index (κ1) is 20.6. The van der Waals surface area contributed by atoms with Crippen molar-refractivity contribution in [3.8, 4) is 22.3 Å². The van der Waals surface area contributed by atoms with Crippen molar-refractivity contribution < 1.29 is 0 Å². The van der Waals surface area contributed by atoms with E-state index in [4.69, 9.17) is 0 Å². The molecular weight excluding hydrogens is 446 g/mol. The van der Waals surface area contributed by atoms with E-state index in [2.05, 4.69) is 133 Å². The zero-order valence-electron chi connectivity index (χ0n) is 20.7. The van der Waals surface area contributed by atoms with E-state index < -0.39 is 0 Å². The topological polar surface area (TPSA) is 4.93 Å². The van der Waals surface area contributed by atoms with Crippen molar-refractivity contribution in [3.63, 3.8) is 0 Å². The third-order valence-corrected chi connectivity index (χ3v) is 8.12. The Labute approximate surface area is 215 Å². The number of para-hydroxylation sites is 1. The molecule has 0 saturated heterocycles. The van der Waals surface area contributed by atoms with E-state index in [0.717, 1.165) is 6.54 Å². The molecule has 7 aromatic carbocycles. The van der Waals surface area contributed by atoms with E-state index in [1.807, 2.05) is 0 Å². The van der Waals surface area contributed by atoms with E-state index >= 15 is 0 Å². The Morgan fingerprint density at radius 3 is 1.86 bits per heavy atom. The lowest BCUT2D eigenvalue weighted by molar-refractivity contribution is 0.828. The van der Waals surface area contributed by atoms with Gasteiger partial charge in [-0.15, -0.1) is 0 Å². The van der Waals surface area contributed by atoms with Crippen LogP contribution in [-0.4, -0.2) is 4.57 Å². The van der Waals surface area contributed by atoms with Gasteiger partial charge >= 0.3 is 0 Å². The van der Waals surface area contributed by atoms with Crippen LogP contribution in [0.25, 0.3) is 76.4 Å². The normalized spacial score (nSPS) is 12.0. The van der Waals surface area contributed by atoms with Crippen molar-refractivity contribution in [1.82, 2.24) is 4.57 Å². The van der Waals surface area contributed by atoms with Gasteiger partial charge in [0.15, 0.2) is 0 Å². The molecule has 0 amide bonds. The van der Waals surface area contributed by atoms with Crippen LogP contribution in [0.5, 0.6) is 0 Å². The third kappa shape index (κ3) is 2.80. The highest BCUT2D eigenvalue weighted by Crippen LogP contribution is 2.47. The molecule has 8 rings (SSSR count). The van der Waals surface area contributed by atoms with Gasteiger partial charge in [0.25, 0.3) is 0 Å². The summed E-state index contributed by atoms with van der Waals surface area (Å²) < 4.78 is 2.51. The standard InChI is InChI=1S/C36H25N/c1-2-37-31-14-7-6-13-28(31)35-30-22-20-26-12-8-11-25-19-21-29(34(30)32(25)26)33(36(35)37)27-17-15-24(16-18-27)23-9-4-3-5-10-23/h3-22H,2H2,1H3. The predicted octanol–water partition coefficient (Wildman–Crippen LogP) is 10.0. The first-order valence-corrected chi connectivity index (χ1v) is 13.1. The van der Waals surface area contributed by atoms with E-state index in [1.165, 1.54) is 76.4 Å². The molecule has 0 unspecified atom stereocenters. The maximum Gasteiger partial charge on any atom is 0.0583 e. The highest BCUT2D eigenvalue weighted by molar-refractivity contribution is 6.36. The molecule has 1 heteroatoms. The van der Waals surface area contributed by atoms with Crippen molar-refractivity contribution in [2.45, 2.75) is 13.5 Å². The summed E-state index contributed by atoms with van der Waals surface area (Å²) in [6, 6.07) is 44.7. The fourth-order valence-corrected chi connectivity index (χ4v) is 6.54. The second kappa shape index (κ2) is 7.69. The molecule has 174 valence electrons. The van der Waals surface area contributed by atoms with E-state index in [0.29, 0.717) is 0 Å². The summed E-state index contributed by atoms with van der Waals surface area (Å²) in [5.74, 6) is 0. The van der Waals surface area contributed by atoms with Crippen molar-refractivity contribution in [2.24, 2.45) is 0 Å². The Morgan fingerprint density at radius 1 is 0.459 bits per heavy atom. The minimum atomic E-state index is 0.923. The summed E-state index contributed by atoms with van der Waals surface area (Å²) in [4.78, 5) is 0. The molecule has 0 radical (unpaired) electrons. The van der Waals surface area contributed by atoms with Gasteiger partial charge in [0.1, 0.15) is 0 Å². The van der Waals surface area contributed by atoms with Gasteiger partial charge in [0.2, 0.25) is 0 Å². The lowest BCUT2D eigenvalue weighted by atomic mass is 9.87. The van der Waals surface area contributed by atoms with E-state index in [-0.39, 0.29) is 0 Å². The van der Waals surface area contributed by atoms with Gasteiger partial charge in [-0.25, -0.2) is 0 Å². The number of hydrogen-bond acceptors (Lipinski definition) is 0. The highest BCUT2D eigenvalue weighted by atomic mass is 15.0. The summed E-state index contributed by atoms with van der Waals surface area (Å²) in [6.07, 6.45) is 0. The Kier molecular flexibility index (Phi) is 4.27. The first-order valence-electron chi connectivity index (χ1n) is 13.1. The number of fused-ring (bicyclic) bond motifs is 4. The monoisotopic (exact) mass is 471 g/mol. The highest BCUT2D eigenvalue weighted by Gasteiger charge is 2.22. The fraction of sp³-hybridized carbons (Fsp3) is 0.0556. The van der Waals surface area contributed by atoms with Crippen molar-refractivity contribution >= 4 is 54.1 Å². The molecule has 8 aromatic rings. The summed E-state index contributed by atoms with van der Waals surface area (Å²) in [5.41, 5.74) is 7.73. The van der Waals surface area contributed by atoms with Crippen molar-refractivity contribution in [3.05, 3.63) is 121 Å². The largest absolute Gasteiger partial charge is 0.340 e. The lowest BCUT2D eigenvalue weighted by Crippen LogP contribution is -1.97. The average molecular weight is 472 g/mol. The van der Waals surface area contributed by atoms with Crippen LogP contribution in [0.3, 0.4) is 0 Å². The molecule has 37 heavy (non-hydrogen) atoms. The molecule has 0 aliphatic heterocycles. The third-order valence-electron chi connectivity index (χ3n) is 8.12. The van der Waals surface area contributed by atoms with Crippen molar-refractivity contribution in [1.29, 1.82) is 0 Å². The van der Waals surface area contributed by atoms with Gasteiger partial charge in [-0.05, 0) is 62.0 Å². The maximum atomic E-state index is 2.51. The second-order valence-electron chi connectivity index (χ2n) is 9.98. The second-order valence-corrected chi connectivity index (χ2v) is 9.98. The van der Waals surface area contributed by atoms with E-state index in [1.54, 1.807) is 0 Å². The van der Waals surface area contributed by atoms with Gasteiger partial charge in [-0.3, -0.25) is 0 Å². The van der Waals surface area contributed by atoms with Crippen LogP contribution in [-0.2, 0) is 6.54 Å². The zero-order chi connectivity index (χ0) is 24.5. The Balaban J connectivity index is 1.58. The fourth-order valence-electron chi connectivity index (χ4n) is 6.54. The summed E-state index contributed by atoms with van der Waals surface area (Å²) in [6.45, 7) is 3.19. The molecule has 1 heterocycles. The summed E-state index contributed by atoms with van der Waals surface area (Å²) in [5, 5.41) is 10.7. The predicted molar refractivity (Wildman–Crippen MR) is 160 cm³/mol. The minimum absolute atomic E-state index is 0.923. The molecule has 0 bridgehead atoms. The number of nitrogens with zero attached hydrogens (tertiary/aromatic N) is 1. The summed E-state index contributed by atoms with van der Waals surface area (Å²) >= 11 is 0. The zero-order valence-corrected chi connectivity index (χ0v) is 20.7. The lowest BCUT2D eigenvalue weighted by Gasteiger charge is -2.18. The smallest absolute Gasteiger partial charge is 0.0583 e. The van der Waals surface area contributed by atoms with Crippen LogP contribution < -0.4 is 0 Å². The SMILES string of the molecule is CCn1c2ccccc2c2c3ccc4cccc5ccc(c(-c6ccc(-c7ccccc7)cc6)c21)c3c54. The van der Waals surface area contributed by atoms with Crippen LogP contribution in [0.4, 0.5) is 0 Å². The van der Waals surface area contributed by atoms with Gasteiger partial charge in [-0.2, -0.15) is 0 Å². The summed E-state index contributed by atoms with van der Waals surface area (Å²) in [7, 11) is 0. The molecule has 1 nitrogen and oxygen atoms in total. The molecule has 0 fully saturated rings. The molecule has 0 saturated carbocycles. The van der Waals surface area contributed by atoms with Crippen LogP contribution in [0, 0.1) is 0 Å². The number of aryl methyl sites for hydroxylation is 1. The Morgan fingerprint density at radius 2 is 1.11 bits per heavy atom. The van der Waals surface area contributed by atoms with Crippen LogP contribution in [0.2, 0.25) is 0 Å². The number of aromatic nitrogens is 1. The van der Waals surface area contributed by atoms with Gasteiger partial charge in [-0.1, -0.05) is 115 Å². The molecule has 1 aromatic heterocycles. The molecule has 0 aliphatic carbocycles. The number of hydrogen-bond donors (Lipinski definition) is 0. The Bertz CT molecular complexity index is 2080. The molecule has 0 aliphatic rings. The molecular formula is C36H25N. The Hall–Kier alpha value is -4.62. The van der Waals surface area contributed by atoms with E-state index in [9.17, 15) is 0 Å². The first-order chi connectivity index (χ1) is 18.3. The van der Waals surface area contributed by atoms with Gasteiger partial charge in [0.05, 0.1) is 5.52 Å². The van der Waals surface area contributed by atoms with Crippen LogP contribution in [0.1, 0.15) is 6.92 Å². The maximum absolute atomic E-state index is 2.51.